The number of likely N-dealkylation sites (tertiary alicyclic amines) is 1. The molecule has 2 aliphatic rings. The Balaban J connectivity index is 1.53. The SMILES string of the molecule is CO[C@@]12CC[C@H](O)C[C@@H]1N(C(=O)Cn1nc3ccccc3n1)CC2. The fourth-order valence-corrected chi connectivity index (χ4v) is 4.16. The van der Waals surface area contributed by atoms with Gasteiger partial charge in [0.1, 0.15) is 17.6 Å². The Bertz CT molecular complexity index is 728. The fourth-order valence-electron chi connectivity index (χ4n) is 4.16. The van der Waals surface area contributed by atoms with Crippen molar-refractivity contribution in [2.45, 2.75) is 50.0 Å². The normalized spacial score (nSPS) is 29.8. The Morgan fingerprint density at radius 3 is 2.71 bits per heavy atom. The van der Waals surface area contributed by atoms with Crippen LogP contribution in [0.1, 0.15) is 25.7 Å². The Morgan fingerprint density at radius 2 is 2.04 bits per heavy atom. The molecule has 1 aromatic heterocycles. The molecule has 1 N–H and O–H groups in total. The summed E-state index contributed by atoms with van der Waals surface area (Å²) in [6.45, 7) is 0.770. The molecular weight excluding hydrogens is 308 g/mol. The molecule has 128 valence electrons. The van der Waals surface area contributed by atoms with Gasteiger partial charge in [-0.05, 0) is 37.8 Å². The Labute approximate surface area is 140 Å². The highest BCUT2D eigenvalue weighted by Crippen LogP contribution is 2.42. The number of aliphatic hydroxyl groups excluding tert-OH is 1. The van der Waals surface area contributed by atoms with Crippen LogP contribution in [0.3, 0.4) is 0 Å². The van der Waals surface area contributed by atoms with Gasteiger partial charge in [-0.25, -0.2) is 0 Å². The van der Waals surface area contributed by atoms with E-state index < -0.39 is 0 Å². The molecule has 2 heterocycles. The number of amides is 1. The van der Waals surface area contributed by atoms with Gasteiger partial charge in [0.05, 0.1) is 17.7 Å². The highest BCUT2D eigenvalue weighted by molar-refractivity contribution is 5.78. The van der Waals surface area contributed by atoms with Crippen molar-refractivity contribution in [3.05, 3.63) is 24.3 Å². The van der Waals surface area contributed by atoms with E-state index in [2.05, 4.69) is 10.2 Å². The molecule has 0 bridgehead atoms. The van der Waals surface area contributed by atoms with E-state index in [-0.39, 0.29) is 30.2 Å². The number of ether oxygens (including phenoxy) is 1. The van der Waals surface area contributed by atoms with Gasteiger partial charge in [0.15, 0.2) is 0 Å². The molecular formula is C17H22N4O3. The smallest absolute Gasteiger partial charge is 0.246 e. The van der Waals surface area contributed by atoms with Crippen LogP contribution in [-0.2, 0) is 16.1 Å². The molecule has 1 saturated heterocycles. The van der Waals surface area contributed by atoms with E-state index in [1.54, 1.807) is 7.11 Å². The third-order valence-electron chi connectivity index (χ3n) is 5.49. The summed E-state index contributed by atoms with van der Waals surface area (Å²) in [5.41, 5.74) is 1.26. The zero-order chi connectivity index (χ0) is 16.7. The molecule has 3 atom stereocenters. The van der Waals surface area contributed by atoms with Crippen molar-refractivity contribution in [3.63, 3.8) is 0 Å². The van der Waals surface area contributed by atoms with Crippen LogP contribution in [0.5, 0.6) is 0 Å². The van der Waals surface area contributed by atoms with Gasteiger partial charge in [-0.1, -0.05) is 12.1 Å². The number of carbonyl (C=O) groups excluding carboxylic acids is 1. The maximum atomic E-state index is 12.8. The van der Waals surface area contributed by atoms with Crippen molar-refractivity contribution >= 4 is 16.9 Å². The number of fused-ring (bicyclic) bond motifs is 2. The average molecular weight is 330 g/mol. The van der Waals surface area contributed by atoms with Crippen LogP contribution in [0, 0.1) is 0 Å². The maximum Gasteiger partial charge on any atom is 0.246 e. The third kappa shape index (κ3) is 2.48. The molecule has 0 spiro atoms. The van der Waals surface area contributed by atoms with E-state index in [1.165, 1.54) is 4.80 Å². The minimum Gasteiger partial charge on any atom is -0.393 e. The number of rotatable bonds is 3. The number of aliphatic hydroxyl groups is 1. The fraction of sp³-hybridized carbons (Fsp3) is 0.588. The molecule has 1 saturated carbocycles. The summed E-state index contributed by atoms with van der Waals surface area (Å²) in [5, 5.41) is 18.7. The summed E-state index contributed by atoms with van der Waals surface area (Å²) in [4.78, 5) is 16.1. The zero-order valence-electron chi connectivity index (χ0n) is 13.8. The molecule has 0 radical (unpaired) electrons. The van der Waals surface area contributed by atoms with Gasteiger partial charge in [0.25, 0.3) is 0 Å². The average Bonchev–Trinajstić information content (AvgIpc) is 3.15. The van der Waals surface area contributed by atoms with Crippen molar-refractivity contribution in [3.8, 4) is 0 Å². The zero-order valence-corrected chi connectivity index (χ0v) is 13.8. The maximum absolute atomic E-state index is 12.8. The van der Waals surface area contributed by atoms with E-state index >= 15 is 0 Å². The highest BCUT2D eigenvalue weighted by Gasteiger charge is 2.52. The molecule has 7 nitrogen and oxygen atoms in total. The van der Waals surface area contributed by atoms with Crippen LogP contribution in [0.4, 0.5) is 0 Å². The number of benzene rings is 1. The molecule has 24 heavy (non-hydrogen) atoms. The Hall–Kier alpha value is -1.99. The lowest BCUT2D eigenvalue weighted by molar-refractivity contribution is -0.140. The molecule has 1 aliphatic carbocycles. The summed E-state index contributed by atoms with van der Waals surface area (Å²) < 4.78 is 5.79. The van der Waals surface area contributed by atoms with Crippen LogP contribution in [0.25, 0.3) is 11.0 Å². The van der Waals surface area contributed by atoms with Crippen LogP contribution < -0.4 is 0 Å². The molecule has 4 rings (SSSR count). The number of hydrogen-bond acceptors (Lipinski definition) is 5. The lowest BCUT2D eigenvalue weighted by Crippen LogP contribution is -2.53. The first-order chi connectivity index (χ1) is 11.6. The topological polar surface area (TPSA) is 80.5 Å². The summed E-state index contributed by atoms with van der Waals surface area (Å²) in [7, 11) is 1.71. The number of carbonyl (C=O) groups is 1. The summed E-state index contributed by atoms with van der Waals surface area (Å²) in [5.74, 6) is -0.0201. The van der Waals surface area contributed by atoms with Crippen molar-refractivity contribution in [1.82, 2.24) is 19.9 Å². The van der Waals surface area contributed by atoms with Crippen LogP contribution in [-0.4, -0.2) is 62.3 Å². The first kappa shape index (κ1) is 15.5. The summed E-state index contributed by atoms with van der Waals surface area (Å²) >= 11 is 0. The van der Waals surface area contributed by atoms with Crippen LogP contribution in [0.2, 0.25) is 0 Å². The summed E-state index contributed by atoms with van der Waals surface area (Å²) in [6, 6.07) is 7.50. The largest absolute Gasteiger partial charge is 0.393 e. The van der Waals surface area contributed by atoms with Gasteiger partial charge in [-0.15, -0.1) is 0 Å². The van der Waals surface area contributed by atoms with E-state index in [9.17, 15) is 9.90 Å². The third-order valence-corrected chi connectivity index (χ3v) is 5.49. The molecule has 2 aromatic rings. The predicted octanol–water partition coefficient (Wildman–Crippen LogP) is 0.962. The number of hydrogen-bond donors (Lipinski definition) is 1. The minimum absolute atomic E-state index is 0.0201. The molecule has 0 unspecified atom stereocenters. The van der Waals surface area contributed by atoms with Gasteiger partial charge in [0.2, 0.25) is 5.91 Å². The standard InChI is InChI=1S/C17H22N4O3/c1-24-17-7-6-12(22)10-15(17)20(9-8-17)16(23)11-21-18-13-4-2-3-5-14(13)19-21/h2-5,12,15,22H,6-11H2,1H3/t12-,15-,17+/m0/s1. The lowest BCUT2D eigenvalue weighted by Gasteiger charge is -2.42. The first-order valence-electron chi connectivity index (χ1n) is 8.44. The molecule has 7 heteroatoms. The quantitative estimate of drug-likeness (QED) is 0.907. The van der Waals surface area contributed by atoms with Crippen LogP contribution >= 0.6 is 0 Å². The Morgan fingerprint density at radius 1 is 1.33 bits per heavy atom. The van der Waals surface area contributed by atoms with E-state index in [4.69, 9.17) is 4.74 Å². The predicted molar refractivity (Wildman–Crippen MR) is 87.2 cm³/mol. The molecule has 1 aliphatic heterocycles. The first-order valence-corrected chi connectivity index (χ1v) is 8.44. The number of methoxy groups -OCH3 is 1. The van der Waals surface area contributed by atoms with Gasteiger partial charge < -0.3 is 14.7 Å². The minimum atomic E-state index is -0.364. The second-order valence-corrected chi connectivity index (χ2v) is 6.77. The lowest BCUT2D eigenvalue weighted by atomic mass is 9.79. The van der Waals surface area contributed by atoms with E-state index in [0.717, 1.165) is 30.3 Å². The molecule has 1 aromatic carbocycles. The van der Waals surface area contributed by atoms with E-state index in [1.807, 2.05) is 29.2 Å². The van der Waals surface area contributed by atoms with Gasteiger partial charge in [-0.3, -0.25) is 4.79 Å². The van der Waals surface area contributed by atoms with Gasteiger partial charge >= 0.3 is 0 Å². The number of aromatic nitrogens is 3. The van der Waals surface area contributed by atoms with Crippen molar-refractivity contribution < 1.29 is 14.6 Å². The number of nitrogens with zero attached hydrogens (tertiary/aromatic N) is 4. The van der Waals surface area contributed by atoms with Crippen molar-refractivity contribution in [2.24, 2.45) is 0 Å². The van der Waals surface area contributed by atoms with Gasteiger partial charge in [-0.2, -0.15) is 15.0 Å². The highest BCUT2D eigenvalue weighted by atomic mass is 16.5. The van der Waals surface area contributed by atoms with Crippen molar-refractivity contribution in [2.75, 3.05) is 13.7 Å². The second kappa shape index (κ2) is 5.82. The van der Waals surface area contributed by atoms with Crippen LogP contribution in [0.15, 0.2) is 24.3 Å². The molecule has 2 fully saturated rings. The Kier molecular flexibility index (Phi) is 3.77. The monoisotopic (exact) mass is 330 g/mol. The second-order valence-electron chi connectivity index (χ2n) is 6.77. The van der Waals surface area contributed by atoms with Crippen molar-refractivity contribution in [1.29, 1.82) is 0 Å². The molecule has 1 amide bonds. The van der Waals surface area contributed by atoms with Gasteiger partial charge in [0, 0.05) is 13.7 Å². The van der Waals surface area contributed by atoms with E-state index in [0.29, 0.717) is 13.0 Å². The summed E-state index contributed by atoms with van der Waals surface area (Å²) in [6.07, 6.45) is 2.56.